The lowest BCUT2D eigenvalue weighted by molar-refractivity contribution is 0.229. The second-order valence-electron chi connectivity index (χ2n) is 3.29. The molecule has 0 saturated heterocycles. The van der Waals surface area contributed by atoms with E-state index in [1.54, 1.807) is 0 Å². The number of benzene rings is 2. The first-order chi connectivity index (χ1) is 6.81. The van der Waals surface area contributed by atoms with Crippen molar-refractivity contribution in [1.82, 2.24) is 0 Å². The van der Waals surface area contributed by atoms with Gasteiger partial charge in [0.05, 0.1) is 6.10 Å². The quantitative estimate of drug-likeness (QED) is 0.711. The Balaban J connectivity index is 2.56. The molecule has 0 aromatic heterocycles. The molecule has 0 unspecified atom stereocenters. The van der Waals surface area contributed by atoms with Crippen LogP contribution >= 0.6 is 0 Å². The number of hydrogen-bond donors (Lipinski definition) is 1. The molecule has 1 nitrogen and oxygen atoms in total. The van der Waals surface area contributed by atoms with Crippen molar-refractivity contribution in [2.24, 2.45) is 0 Å². The SMILES string of the molecule is C=C[C@@H](O)c1ccc2ccccc2c1. The van der Waals surface area contributed by atoms with Gasteiger partial charge in [0, 0.05) is 0 Å². The zero-order valence-electron chi connectivity index (χ0n) is 7.85. The van der Waals surface area contributed by atoms with Gasteiger partial charge in [-0.2, -0.15) is 0 Å². The molecular formula is C13H12O. The molecule has 2 aromatic carbocycles. The van der Waals surface area contributed by atoms with Crippen molar-refractivity contribution < 1.29 is 5.11 Å². The van der Waals surface area contributed by atoms with Gasteiger partial charge in [-0.15, -0.1) is 6.58 Å². The van der Waals surface area contributed by atoms with E-state index in [0.29, 0.717) is 0 Å². The Labute approximate surface area is 83.3 Å². The zero-order chi connectivity index (χ0) is 9.97. The molecule has 14 heavy (non-hydrogen) atoms. The van der Waals surface area contributed by atoms with Crippen molar-refractivity contribution in [2.75, 3.05) is 0 Å². The summed E-state index contributed by atoms with van der Waals surface area (Å²) in [6.07, 6.45) is 0.962. The maximum absolute atomic E-state index is 9.57. The molecule has 1 heteroatoms. The van der Waals surface area contributed by atoms with Gasteiger partial charge in [0.1, 0.15) is 0 Å². The molecule has 0 fully saturated rings. The number of fused-ring (bicyclic) bond motifs is 1. The highest BCUT2D eigenvalue weighted by molar-refractivity contribution is 5.83. The van der Waals surface area contributed by atoms with E-state index in [1.807, 2.05) is 36.4 Å². The molecule has 0 amide bonds. The van der Waals surface area contributed by atoms with E-state index in [2.05, 4.69) is 12.6 Å². The number of aliphatic hydroxyl groups excluding tert-OH is 1. The lowest BCUT2D eigenvalue weighted by Gasteiger charge is -2.06. The molecule has 1 atom stereocenters. The van der Waals surface area contributed by atoms with Gasteiger partial charge in [-0.25, -0.2) is 0 Å². The second-order valence-corrected chi connectivity index (χ2v) is 3.29. The van der Waals surface area contributed by atoms with Crippen molar-refractivity contribution >= 4 is 10.8 Å². The highest BCUT2D eigenvalue weighted by Gasteiger charge is 2.02. The summed E-state index contributed by atoms with van der Waals surface area (Å²) in [5, 5.41) is 11.9. The summed E-state index contributed by atoms with van der Waals surface area (Å²) in [6, 6.07) is 14.0. The third kappa shape index (κ3) is 1.54. The summed E-state index contributed by atoms with van der Waals surface area (Å²) in [5.74, 6) is 0. The Bertz CT molecular complexity index is 459. The third-order valence-corrected chi connectivity index (χ3v) is 2.34. The van der Waals surface area contributed by atoms with Crippen molar-refractivity contribution in [3.8, 4) is 0 Å². The molecule has 0 aliphatic rings. The van der Waals surface area contributed by atoms with Crippen molar-refractivity contribution in [3.05, 3.63) is 60.7 Å². The van der Waals surface area contributed by atoms with Crippen molar-refractivity contribution in [3.63, 3.8) is 0 Å². The van der Waals surface area contributed by atoms with E-state index >= 15 is 0 Å². The number of aliphatic hydroxyl groups is 1. The van der Waals surface area contributed by atoms with E-state index in [9.17, 15) is 5.11 Å². The number of hydrogen-bond acceptors (Lipinski definition) is 1. The Hall–Kier alpha value is -1.60. The maximum Gasteiger partial charge on any atom is 0.0969 e. The first-order valence-corrected chi connectivity index (χ1v) is 4.60. The fraction of sp³-hybridized carbons (Fsp3) is 0.0769. The highest BCUT2D eigenvalue weighted by Crippen LogP contribution is 2.20. The monoisotopic (exact) mass is 184 g/mol. The summed E-state index contributed by atoms with van der Waals surface area (Å²) in [7, 11) is 0. The minimum absolute atomic E-state index is 0.570. The Morgan fingerprint density at radius 2 is 1.79 bits per heavy atom. The lowest BCUT2D eigenvalue weighted by Crippen LogP contribution is -1.91. The first-order valence-electron chi connectivity index (χ1n) is 4.60. The van der Waals surface area contributed by atoms with Crippen molar-refractivity contribution in [1.29, 1.82) is 0 Å². The van der Waals surface area contributed by atoms with Crippen LogP contribution in [0.15, 0.2) is 55.1 Å². The molecule has 0 aliphatic heterocycles. The fourth-order valence-electron chi connectivity index (χ4n) is 1.53. The molecule has 0 bridgehead atoms. The van der Waals surface area contributed by atoms with Crippen LogP contribution in [0.25, 0.3) is 10.8 Å². The van der Waals surface area contributed by atoms with Gasteiger partial charge in [-0.05, 0) is 22.4 Å². The normalized spacial score (nSPS) is 12.6. The van der Waals surface area contributed by atoms with Crippen LogP contribution in [0.2, 0.25) is 0 Å². The fourth-order valence-corrected chi connectivity index (χ4v) is 1.53. The predicted molar refractivity (Wildman–Crippen MR) is 59.1 cm³/mol. The average molecular weight is 184 g/mol. The lowest BCUT2D eigenvalue weighted by atomic mass is 10.0. The first kappa shape index (κ1) is 8.97. The van der Waals surface area contributed by atoms with Gasteiger partial charge in [-0.3, -0.25) is 0 Å². The van der Waals surface area contributed by atoms with Gasteiger partial charge >= 0.3 is 0 Å². The number of rotatable bonds is 2. The summed E-state index contributed by atoms with van der Waals surface area (Å²) >= 11 is 0. The van der Waals surface area contributed by atoms with E-state index in [4.69, 9.17) is 0 Å². The third-order valence-electron chi connectivity index (χ3n) is 2.34. The minimum atomic E-state index is -0.570. The van der Waals surface area contributed by atoms with Crippen LogP contribution in [-0.2, 0) is 0 Å². The molecule has 70 valence electrons. The Morgan fingerprint density at radius 1 is 1.07 bits per heavy atom. The van der Waals surface area contributed by atoms with Crippen LogP contribution in [0.4, 0.5) is 0 Å². The topological polar surface area (TPSA) is 20.2 Å². The molecular weight excluding hydrogens is 172 g/mol. The van der Waals surface area contributed by atoms with Gasteiger partial charge < -0.3 is 5.11 Å². The largest absolute Gasteiger partial charge is 0.384 e. The van der Waals surface area contributed by atoms with Crippen LogP contribution in [0.3, 0.4) is 0 Å². The van der Waals surface area contributed by atoms with E-state index in [1.165, 1.54) is 11.5 Å². The second kappa shape index (κ2) is 3.64. The molecule has 0 radical (unpaired) electrons. The summed E-state index contributed by atoms with van der Waals surface area (Å²) in [5.41, 5.74) is 0.888. The molecule has 0 spiro atoms. The Kier molecular flexibility index (Phi) is 2.33. The molecule has 0 aliphatic carbocycles. The van der Waals surface area contributed by atoms with Crippen molar-refractivity contribution in [2.45, 2.75) is 6.10 Å². The average Bonchev–Trinajstić information content (AvgIpc) is 2.27. The van der Waals surface area contributed by atoms with Gasteiger partial charge in [0.25, 0.3) is 0 Å². The molecule has 0 saturated carbocycles. The van der Waals surface area contributed by atoms with Gasteiger partial charge in [-0.1, -0.05) is 42.5 Å². The zero-order valence-corrected chi connectivity index (χ0v) is 7.85. The standard InChI is InChI=1S/C13H12O/c1-2-13(14)12-8-7-10-5-3-4-6-11(10)9-12/h2-9,13-14H,1H2/t13-/m1/s1. The predicted octanol–water partition coefficient (Wildman–Crippen LogP) is 3.06. The van der Waals surface area contributed by atoms with E-state index < -0.39 is 6.10 Å². The molecule has 0 heterocycles. The summed E-state index contributed by atoms with van der Waals surface area (Å²) in [6.45, 7) is 3.57. The van der Waals surface area contributed by atoms with Crippen LogP contribution < -0.4 is 0 Å². The van der Waals surface area contributed by atoms with Crippen LogP contribution in [0.5, 0.6) is 0 Å². The highest BCUT2D eigenvalue weighted by atomic mass is 16.3. The molecule has 1 N–H and O–H groups in total. The van der Waals surface area contributed by atoms with E-state index in [-0.39, 0.29) is 0 Å². The van der Waals surface area contributed by atoms with Crippen LogP contribution in [-0.4, -0.2) is 5.11 Å². The maximum atomic E-state index is 9.57. The molecule has 2 aromatic rings. The van der Waals surface area contributed by atoms with Gasteiger partial charge in [0.2, 0.25) is 0 Å². The van der Waals surface area contributed by atoms with Gasteiger partial charge in [0.15, 0.2) is 0 Å². The summed E-state index contributed by atoms with van der Waals surface area (Å²) in [4.78, 5) is 0. The molecule has 2 rings (SSSR count). The smallest absolute Gasteiger partial charge is 0.0969 e. The van der Waals surface area contributed by atoms with E-state index in [0.717, 1.165) is 10.9 Å². The minimum Gasteiger partial charge on any atom is -0.384 e. The van der Waals surface area contributed by atoms with Crippen LogP contribution in [0, 0.1) is 0 Å². The Morgan fingerprint density at radius 3 is 2.50 bits per heavy atom. The summed E-state index contributed by atoms with van der Waals surface area (Å²) < 4.78 is 0. The van der Waals surface area contributed by atoms with Crippen LogP contribution in [0.1, 0.15) is 11.7 Å².